The molecular formula is C13H17N5O3. The zero-order chi connectivity index (χ0) is 15.1. The molecule has 0 aliphatic heterocycles. The van der Waals surface area contributed by atoms with Crippen molar-refractivity contribution in [3.8, 4) is 5.75 Å². The summed E-state index contributed by atoms with van der Waals surface area (Å²) in [7, 11) is 1.55. The van der Waals surface area contributed by atoms with E-state index in [4.69, 9.17) is 4.74 Å². The second kappa shape index (κ2) is 7.34. The van der Waals surface area contributed by atoms with Crippen molar-refractivity contribution >= 4 is 5.69 Å². The highest BCUT2D eigenvalue weighted by molar-refractivity contribution is 5.43. The summed E-state index contributed by atoms with van der Waals surface area (Å²) < 4.78 is 6.97. The number of aryl methyl sites for hydroxylation is 1. The fourth-order valence-corrected chi connectivity index (χ4v) is 1.96. The van der Waals surface area contributed by atoms with Crippen LogP contribution in [0.2, 0.25) is 0 Å². The first-order valence-electron chi connectivity index (χ1n) is 6.57. The lowest BCUT2D eigenvalue weighted by molar-refractivity contribution is -0.384. The summed E-state index contributed by atoms with van der Waals surface area (Å²) in [6.45, 7) is 2.06. The minimum Gasteiger partial charge on any atom is -0.496 e. The van der Waals surface area contributed by atoms with E-state index in [1.165, 1.54) is 12.1 Å². The van der Waals surface area contributed by atoms with Gasteiger partial charge in [-0.2, -0.15) is 0 Å². The molecule has 0 unspecified atom stereocenters. The highest BCUT2D eigenvalue weighted by Gasteiger charge is 2.10. The van der Waals surface area contributed by atoms with Crippen LogP contribution in [0.1, 0.15) is 12.0 Å². The molecule has 8 heteroatoms. The number of aromatic nitrogens is 3. The normalized spacial score (nSPS) is 10.5. The van der Waals surface area contributed by atoms with Crippen molar-refractivity contribution < 1.29 is 9.66 Å². The number of ether oxygens (including phenoxy) is 1. The van der Waals surface area contributed by atoms with Crippen molar-refractivity contribution in [2.24, 2.45) is 0 Å². The Balaban J connectivity index is 1.84. The molecule has 0 saturated carbocycles. The Morgan fingerprint density at radius 2 is 2.33 bits per heavy atom. The Hall–Kier alpha value is -2.48. The number of methoxy groups -OCH3 is 1. The van der Waals surface area contributed by atoms with Crippen molar-refractivity contribution in [2.45, 2.75) is 19.5 Å². The number of nitrogens with zero attached hydrogens (tertiary/aromatic N) is 4. The van der Waals surface area contributed by atoms with Crippen LogP contribution in [-0.2, 0) is 13.1 Å². The van der Waals surface area contributed by atoms with E-state index >= 15 is 0 Å². The molecule has 0 atom stereocenters. The summed E-state index contributed by atoms with van der Waals surface area (Å²) >= 11 is 0. The largest absolute Gasteiger partial charge is 0.496 e. The maximum absolute atomic E-state index is 10.8. The Kier molecular flexibility index (Phi) is 5.22. The van der Waals surface area contributed by atoms with E-state index in [0.717, 1.165) is 25.1 Å². The molecule has 0 radical (unpaired) electrons. The highest BCUT2D eigenvalue weighted by atomic mass is 16.6. The smallest absolute Gasteiger partial charge is 0.270 e. The second-order valence-corrected chi connectivity index (χ2v) is 4.45. The van der Waals surface area contributed by atoms with Crippen LogP contribution >= 0.6 is 0 Å². The standard InChI is InChI=1S/C13H17N5O3/c1-21-13-4-3-12(18(19)20)9-11(13)10-14-5-2-7-17-8-6-15-16-17/h3-4,6,8-9,14H,2,5,7,10H2,1H3. The maximum Gasteiger partial charge on any atom is 0.270 e. The monoisotopic (exact) mass is 291 g/mol. The van der Waals surface area contributed by atoms with Gasteiger partial charge in [0.2, 0.25) is 0 Å². The summed E-state index contributed by atoms with van der Waals surface area (Å²) in [5, 5.41) is 21.6. The van der Waals surface area contributed by atoms with Crippen molar-refractivity contribution in [1.82, 2.24) is 20.3 Å². The van der Waals surface area contributed by atoms with Crippen LogP contribution in [0.4, 0.5) is 5.69 Å². The Morgan fingerprint density at radius 1 is 1.48 bits per heavy atom. The minimum absolute atomic E-state index is 0.0650. The first-order chi connectivity index (χ1) is 10.2. The van der Waals surface area contributed by atoms with Crippen LogP contribution in [-0.4, -0.2) is 33.6 Å². The first-order valence-corrected chi connectivity index (χ1v) is 6.57. The summed E-state index contributed by atoms with van der Waals surface area (Å²) in [5.74, 6) is 0.643. The number of nitro groups is 1. The number of nitrogens with one attached hydrogen (secondary N) is 1. The lowest BCUT2D eigenvalue weighted by Crippen LogP contribution is -2.17. The SMILES string of the molecule is COc1ccc([N+](=O)[O-])cc1CNCCCn1ccnn1. The van der Waals surface area contributed by atoms with Gasteiger partial charge in [0.1, 0.15) is 5.75 Å². The molecule has 112 valence electrons. The Bertz CT molecular complexity index is 585. The summed E-state index contributed by atoms with van der Waals surface area (Å²) in [5.41, 5.74) is 0.836. The molecule has 0 saturated heterocycles. The van der Waals surface area contributed by atoms with Crippen LogP contribution in [0.5, 0.6) is 5.75 Å². The van der Waals surface area contributed by atoms with Crippen molar-refractivity contribution in [1.29, 1.82) is 0 Å². The summed E-state index contributed by atoms with van der Waals surface area (Å²) in [4.78, 5) is 10.4. The molecule has 1 aromatic carbocycles. The molecule has 0 bridgehead atoms. The minimum atomic E-state index is -0.409. The predicted molar refractivity (Wildman–Crippen MR) is 76.0 cm³/mol. The van der Waals surface area contributed by atoms with Gasteiger partial charge < -0.3 is 10.1 Å². The molecule has 1 aromatic heterocycles. The van der Waals surface area contributed by atoms with Gasteiger partial charge in [-0.15, -0.1) is 5.10 Å². The van der Waals surface area contributed by atoms with E-state index in [0.29, 0.717) is 12.3 Å². The van der Waals surface area contributed by atoms with E-state index < -0.39 is 4.92 Å². The number of hydrogen-bond donors (Lipinski definition) is 1. The highest BCUT2D eigenvalue weighted by Crippen LogP contribution is 2.23. The number of nitro benzene ring substituents is 1. The van der Waals surface area contributed by atoms with Gasteiger partial charge in [0.15, 0.2) is 0 Å². The van der Waals surface area contributed by atoms with Crippen LogP contribution in [0.25, 0.3) is 0 Å². The third kappa shape index (κ3) is 4.25. The Morgan fingerprint density at radius 3 is 3.00 bits per heavy atom. The molecule has 1 N–H and O–H groups in total. The van der Waals surface area contributed by atoms with Crippen LogP contribution in [0, 0.1) is 10.1 Å². The molecule has 1 heterocycles. The molecule has 0 fully saturated rings. The van der Waals surface area contributed by atoms with Gasteiger partial charge >= 0.3 is 0 Å². The van der Waals surface area contributed by atoms with Crippen molar-refractivity contribution in [3.63, 3.8) is 0 Å². The number of hydrogen-bond acceptors (Lipinski definition) is 6. The number of non-ortho nitro benzene ring substituents is 1. The molecule has 0 amide bonds. The van der Waals surface area contributed by atoms with E-state index in [1.807, 2.05) is 6.20 Å². The summed E-state index contributed by atoms with van der Waals surface area (Å²) in [6.07, 6.45) is 4.34. The third-order valence-corrected chi connectivity index (χ3v) is 3.00. The zero-order valence-electron chi connectivity index (χ0n) is 11.7. The number of rotatable bonds is 8. The first kappa shape index (κ1) is 14.9. The van der Waals surface area contributed by atoms with Gasteiger partial charge in [-0.05, 0) is 19.0 Å². The van der Waals surface area contributed by atoms with Gasteiger partial charge in [0, 0.05) is 37.0 Å². The molecular weight excluding hydrogens is 274 g/mol. The van der Waals surface area contributed by atoms with Crippen LogP contribution in [0.15, 0.2) is 30.6 Å². The van der Waals surface area contributed by atoms with Gasteiger partial charge in [-0.25, -0.2) is 0 Å². The molecule has 2 aromatic rings. The molecule has 0 spiro atoms. The lowest BCUT2D eigenvalue weighted by atomic mass is 10.1. The average molecular weight is 291 g/mol. The van der Waals surface area contributed by atoms with Gasteiger partial charge in [0.05, 0.1) is 18.2 Å². The lowest BCUT2D eigenvalue weighted by Gasteiger charge is -2.09. The van der Waals surface area contributed by atoms with Crippen molar-refractivity contribution in [2.75, 3.05) is 13.7 Å². The second-order valence-electron chi connectivity index (χ2n) is 4.45. The van der Waals surface area contributed by atoms with E-state index in [1.54, 1.807) is 24.1 Å². The van der Waals surface area contributed by atoms with E-state index in [-0.39, 0.29) is 5.69 Å². The van der Waals surface area contributed by atoms with Crippen LogP contribution in [0.3, 0.4) is 0 Å². The molecule has 8 nitrogen and oxygen atoms in total. The fraction of sp³-hybridized carbons (Fsp3) is 0.385. The molecule has 2 rings (SSSR count). The van der Waals surface area contributed by atoms with Gasteiger partial charge in [-0.3, -0.25) is 14.8 Å². The molecule has 0 aliphatic carbocycles. The van der Waals surface area contributed by atoms with Crippen LogP contribution < -0.4 is 10.1 Å². The molecule has 0 aliphatic rings. The zero-order valence-corrected chi connectivity index (χ0v) is 11.7. The van der Waals surface area contributed by atoms with Gasteiger partial charge in [0.25, 0.3) is 5.69 Å². The van der Waals surface area contributed by atoms with E-state index in [2.05, 4.69) is 15.6 Å². The third-order valence-electron chi connectivity index (χ3n) is 3.00. The summed E-state index contributed by atoms with van der Waals surface area (Å²) in [6, 6.07) is 4.58. The fourth-order valence-electron chi connectivity index (χ4n) is 1.96. The number of benzene rings is 1. The topological polar surface area (TPSA) is 95.1 Å². The van der Waals surface area contributed by atoms with Gasteiger partial charge in [-0.1, -0.05) is 5.21 Å². The van der Waals surface area contributed by atoms with E-state index in [9.17, 15) is 10.1 Å². The van der Waals surface area contributed by atoms with Crippen molar-refractivity contribution in [3.05, 3.63) is 46.3 Å². The average Bonchev–Trinajstić information content (AvgIpc) is 3.00. The Labute approximate surface area is 121 Å². The quantitative estimate of drug-likeness (QED) is 0.448. The molecule has 21 heavy (non-hydrogen) atoms. The maximum atomic E-state index is 10.8. The predicted octanol–water partition coefficient (Wildman–Crippen LogP) is 1.37.